The van der Waals surface area contributed by atoms with E-state index in [1.54, 1.807) is 32.9 Å². The normalized spacial score (nSPS) is 9.94. The Kier molecular flexibility index (Phi) is 19.0. The quantitative estimate of drug-likeness (QED) is 0.124. The van der Waals surface area contributed by atoms with Crippen molar-refractivity contribution < 1.29 is 47.9 Å². The van der Waals surface area contributed by atoms with Gasteiger partial charge in [-0.25, -0.2) is 14.4 Å². The molecule has 2 aromatic rings. The zero-order valence-corrected chi connectivity index (χ0v) is 28.9. The first-order valence-corrected chi connectivity index (χ1v) is 15.4. The lowest BCUT2D eigenvalue weighted by Gasteiger charge is -2.20. The van der Waals surface area contributed by atoms with Gasteiger partial charge < -0.3 is 44.6 Å². The molecule has 0 aliphatic rings. The first-order chi connectivity index (χ1) is 23.8. The van der Waals surface area contributed by atoms with Gasteiger partial charge in [-0.15, -0.1) is 25.7 Å². The van der Waals surface area contributed by atoms with Crippen molar-refractivity contribution in [2.24, 2.45) is 5.73 Å². The highest BCUT2D eigenvalue weighted by Gasteiger charge is 2.19. The summed E-state index contributed by atoms with van der Waals surface area (Å²) in [4.78, 5) is 34.9. The fourth-order valence-corrected chi connectivity index (χ4v) is 4.13. The Labute approximate surface area is 294 Å². The third-order valence-electron chi connectivity index (χ3n) is 6.15. The molecule has 0 unspecified atom stereocenters. The molecule has 1 amide bonds. The van der Waals surface area contributed by atoms with E-state index in [2.05, 4.69) is 29.0 Å². The Morgan fingerprint density at radius 2 is 1.14 bits per heavy atom. The van der Waals surface area contributed by atoms with Crippen LogP contribution in [0.3, 0.4) is 0 Å². The van der Waals surface area contributed by atoms with Gasteiger partial charge in [0.1, 0.15) is 55.0 Å². The molecule has 4 N–H and O–H groups in total. The molecule has 0 saturated heterocycles. The average Bonchev–Trinajstić information content (AvgIpc) is 3.08. The van der Waals surface area contributed by atoms with Gasteiger partial charge >= 0.3 is 18.0 Å². The molecule has 0 fully saturated rings. The molecule has 0 aromatic heterocycles. The topological polar surface area (TPSA) is 165 Å². The van der Waals surface area contributed by atoms with Crippen LogP contribution in [0.25, 0.3) is 0 Å². The van der Waals surface area contributed by atoms with E-state index in [1.807, 2.05) is 0 Å². The second kappa shape index (κ2) is 22.6. The number of hydrogen-bond acceptors (Lipinski definition) is 10. The van der Waals surface area contributed by atoms with Gasteiger partial charge in [-0.05, 0) is 77.3 Å². The number of ether oxygens (including phenoxy) is 6. The number of carbonyl (C=O) groups is 3. The van der Waals surface area contributed by atoms with Gasteiger partial charge in [0.2, 0.25) is 0 Å². The van der Waals surface area contributed by atoms with Crippen molar-refractivity contribution in [1.82, 2.24) is 5.32 Å². The van der Waals surface area contributed by atoms with Crippen LogP contribution in [0.15, 0.2) is 24.3 Å². The van der Waals surface area contributed by atoms with Crippen LogP contribution in [0.5, 0.6) is 23.0 Å². The van der Waals surface area contributed by atoms with E-state index in [4.69, 9.17) is 65.0 Å². The summed E-state index contributed by atoms with van der Waals surface area (Å²) in [6, 6.07) is 5.94. The number of carboxylic acid groups (broad SMARTS) is 1. The molecule has 0 spiro atoms. The molecule has 266 valence electrons. The molecule has 0 saturated carbocycles. The minimum atomic E-state index is -1.09. The Morgan fingerprint density at radius 3 is 1.48 bits per heavy atom. The standard InChI is InChI=1S/C22H27NO6.C16H17NO4/c1-7-12-27-18-14-16(20(24)26-6)15-19(28-13-8-2)17(18)10-9-11-23-21(25)29-22(3,4)5;1-3-8-20-14-10-12(16(18)19)11-15(21-9-4-2)13(14)6-5-7-17/h1-2,14-15H,9-13H2,3-6H3,(H,23,25);1-2,10-11H,5-9,17H2,(H,18,19). The minimum Gasteiger partial charge on any atom is -0.481 e. The summed E-state index contributed by atoms with van der Waals surface area (Å²) in [5, 5.41) is 11.8. The molecule has 2 aromatic carbocycles. The van der Waals surface area contributed by atoms with Crippen molar-refractivity contribution in [2.75, 3.05) is 46.6 Å². The third-order valence-corrected chi connectivity index (χ3v) is 6.15. The van der Waals surface area contributed by atoms with Gasteiger partial charge in [-0.2, -0.15) is 0 Å². The number of carbonyl (C=O) groups excluding carboxylic acids is 2. The summed E-state index contributed by atoms with van der Waals surface area (Å²) < 4.78 is 32.0. The number of benzene rings is 2. The molecule has 0 heterocycles. The Hall–Kier alpha value is -5.95. The van der Waals surface area contributed by atoms with Crippen molar-refractivity contribution >= 4 is 18.0 Å². The highest BCUT2D eigenvalue weighted by atomic mass is 16.6. The predicted molar refractivity (Wildman–Crippen MR) is 188 cm³/mol. The molecule has 0 radical (unpaired) electrons. The number of amides is 1. The first-order valence-electron chi connectivity index (χ1n) is 15.4. The van der Waals surface area contributed by atoms with Crippen LogP contribution in [0, 0.1) is 49.4 Å². The lowest BCUT2D eigenvalue weighted by Crippen LogP contribution is -2.33. The SMILES string of the molecule is C#CCOc1cc(C(=O)O)cc(OCC#C)c1CCCN.C#CCOc1cc(C(=O)OC)cc(OCC#C)c1CCCNC(=O)OC(C)(C)C. The molecule has 0 aliphatic heterocycles. The fraction of sp³-hybridized carbons (Fsp3) is 0.395. The summed E-state index contributed by atoms with van der Waals surface area (Å²) in [6.07, 6.45) is 22.8. The molecular weight excluding hydrogens is 644 g/mol. The van der Waals surface area contributed by atoms with Gasteiger partial charge in [0.15, 0.2) is 0 Å². The van der Waals surface area contributed by atoms with E-state index in [9.17, 15) is 14.4 Å². The Balaban J connectivity index is 0.000000526. The molecule has 12 nitrogen and oxygen atoms in total. The van der Waals surface area contributed by atoms with Crippen molar-refractivity contribution in [3.8, 4) is 72.4 Å². The van der Waals surface area contributed by atoms with E-state index in [-0.39, 0.29) is 37.6 Å². The number of alkyl carbamates (subject to hydrolysis) is 1. The van der Waals surface area contributed by atoms with E-state index in [1.165, 1.54) is 19.2 Å². The average molecular weight is 689 g/mol. The maximum atomic E-state index is 12.0. The van der Waals surface area contributed by atoms with Crippen LogP contribution in [0.2, 0.25) is 0 Å². The maximum absolute atomic E-state index is 12.0. The summed E-state index contributed by atoms with van der Waals surface area (Å²) in [6.45, 7) is 6.34. The second-order valence-corrected chi connectivity index (χ2v) is 11.1. The van der Waals surface area contributed by atoms with Crippen LogP contribution in [-0.2, 0) is 22.3 Å². The smallest absolute Gasteiger partial charge is 0.407 e. The monoisotopic (exact) mass is 688 g/mol. The number of esters is 1. The molecule has 0 atom stereocenters. The molecule has 12 heteroatoms. The number of rotatable bonds is 17. The molecule has 0 aliphatic carbocycles. The highest BCUT2D eigenvalue weighted by Crippen LogP contribution is 2.33. The second-order valence-electron chi connectivity index (χ2n) is 11.1. The molecular formula is C38H44N2O10. The minimum absolute atomic E-state index is 0.0162. The summed E-state index contributed by atoms with van der Waals surface area (Å²) in [5.74, 6) is 9.39. The zero-order valence-electron chi connectivity index (χ0n) is 28.9. The Morgan fingerprint density at radius 1 is 0.740 bits per heavy atom. The van der Waals surface area contributed by atoms with Crippen molar-refractivity contribution in [1.29, 1.82) is 0 Å². The van der Waals surface area contributed by atoms with E-state index < -0.39 is 23.6 Å². The van der Waals surface area contributed by atoms with Crippen molar-refractivity contribution in [3.63, 3.8) is 0 Å². The first kappa shape index (κ1) is 42.1. The van der Waals surface area contributed by atoms with Crippen LogP contribution in [0.4, 0.5) is 4.79 Å². The number of carboxylic acids is 1. The van der Waals surface area contributed by atoms with Crippen molar-refractivity contribution in [2.45, 2.75) is 52.1 Å². The van der Waals surface area contributed by atoms with Crippen LogP contribution in [0.1, 0.15) is 65.5 Å². The third kappa shape index (κ3) is 15.3. The van der Waals surface area contributed by atoms with Gasteiger partial charge in [0.05, 0.1) is 18.2 Å². The molecule has 2 rings (SSSR count). The van der Waals surface area contributed by atoms with Gasteiger partial charge in [-0.3, -0.25) is 0 Å². The maximum Gasteiger partial charge on any atom is 0.407 e. The summed E-state index contributed by atoms with van der Waals surface area (Å²) in [5.41, 5.74) is 6.65. The largest absolute Gasteiger partial charge is 0.481 e. The summed E-state index contributed by atoms with van der Waals surface area (Å²) >= 11 is 0. The van der Waals surface area contributed by atoms with E-state index >= 15 is 0 Å². The van der Waals surface area contributed by atoms with Crippen LogP contribution in [-0.4, -0.2) is 75.4 Å². The van der Waals surface area contributed by atoms with E-state index in [0.29, 0.717) is 67.3 Å². The Bertz CT molecular complexity index is 1540. The van der Waals surface area contributed by atoms with Gasteiger partial charge in [0, 0.05) is 17.7 Å². The number of methoxy groups -OCH3 is 1. The zero-order chi connectivity index (χ0) is 37.5. The number of nitrogens with two attached hydrogens (primary N) is 1. The highest BCUT2D eigenvalue weighted by molar-refractivity contribution is 5.91. The predicted octanol–water partition coefficient (Wildman–Crippen LogP) is 4.25. The van der Waals surface area contributed by atoms with Gasteiger partial charge in [0.25, 0.3) is 0 Å². The van der Waals surface area contributed by atoms with Gasteiger partial charge in [-0.1, -0.05) is 23.7 Å². The van der Waals surface area contributed by atoms with Crippen LogP contribution >= 0.6 is 0 Å². The number of terminal acetylenes is 4. The fourth-order valence-electron chi connectivity index (χ4n) is 4.13. The van der Waals surface area contributed by atoms with Crippen LogP contribution < -0.4 is 30.0 Å². The summed E-state index contributed by atoms with van der Waals surface area (Å²) in [7, 11) is 1.28. The number of hydrogen-bond donors (Lipinski definition) is 3. The molecule has 50 heavy (non-hydrogen) atoms. The molecule has 0 bridgehead atoms. The van der Waals surface area contributed by atoms with E-state index in [0.717, 1.165) is 5.56 Å². The number of nitrogens with one attached hydrogen (secondary N) is 1. The van der Waals surface area contributed by atoms with Crippen molar-refractivity contribution in [3.05, 3.63) is 46.5 Å². The lowest BCUT2D eigenvalue weighted by molar-refractivity contribution is 0.0525. The lowest BCUT2D eigenvalue weighted by atomic mass is 10.0. The number of aromatic carboxylic acids is 1.